The zero-order valence-corrected chi connectivity index (χ0v) is 12.6. The summed E-state index contributed by atoms with van der Waals surface area (Å²) in [6.07, 6.45) is 1.45. The van der Waals surface area contributed by atoms with Crippen molar-refractivity contribution in [2.24, 2.45) is 0 Å². The first-order chi connectivity index (χ1) is 11.5. The maximum atomic E-state index is 12.2. The highest BCUT2D eigenvalue weighted by Gasteiger charge is 2.33. The van der Waals surface area contributed by atoms with Crippen molar-refractivity contribution in [3.05, 3.63) is 69.7 Å². The summed E-state index contributed by atoms with van der Waals surface area (Å²) in [6.45, 7) is 1.38. The molecule has 2 heterocycles. The van der Waals surface area contributed by atoms with E-state index in [9.17, 15) is 19.7 Å². The Bertz CT molecular complexity index is 837. The lowest BCUT2D eigenvalue weighted by Crippen LogP contribution is -2.44. The van der Waals surface area contributed by atoms with Gasteiger partial charge < -0.3 is 15.1 Å². The van der Waals surface area contributed by atoms with Crippen LogP contribution >= 0.6 is 0 Å². The van der Waals surface area contributed by atoms with E-state index >= 15 is 0 Å². The molecule has 122 valence electrons. The van der Waals surface area contributed by atoms with E-state index in [-0.39, 0.29) is 11.5 Å². The van der Waals surface area contributed by atoms with Gasteiger partial charge in [0, 0.05) is 17.7 Å². The van der Waals surface area contributed by atoms with Crippen LogP contribution in [0.15, 0.2) is 52.7 Å². The summed E-state index contributed by atoms with van der Waals surface area (Å²) in [7, 11) is 0. The Balaban J connectivity index is 2.13. The van der Waals surface area contributed by atoms with E-state index < -0.39 is 17.0 Å². The Morgan fingerprint density at radius 1 is 1.25 bits per heavy atom. The molecule has 8 heteroatoms. The van der Waals surface area contributed by atoms with Crippen LogP contribution in [0.4, 0.5) is 10.5 Å². The number of non-ortho nitro benzene ring substituents is 1. The SMILES string of the molecule is CC(=O)C1=C(c2ccc([N+](=O)[O-])cc2)NC(=O)NC1c1ccco1. The highest BCUT2D eigenvalue weighted by Crippen LogP contribution is 2.32. The van der Waals surface area contributed by atoms with Gasteiger partial charge in [0.25, 0.3) is 5.69 Å². The molecule has 3 rings (SSSR count). The van der Waals surface area contributed by atoms with E-state index in [0.717, 1.165) is 0 Å². The molecule has 0 radical (unpaired) electrons. The highest BCUT2D eigenvalue weighted by atomic mass is 16.6. The highest BCUT2D eigenvalue weighted by molar-refractivity contribution is 6.06. The largest absolute Gasteiger partial charge is 0.467 e. The van der Waals surface area contributed by atoms with Gasteiger partial charge in [-0.3, -0.25) is 14.9 Å². The topological polar surface area (TPSA) is 114 Å². The molecule has 1 unspecified atom stereocenters. The normalized spacial score (nSPS) is 17.2. The standard InChI is InChI=1S/C16H13N3O5/c1-9(20)13-14(10-4-6-11(7-5-10)19(22)23)17-16(21)18-15(13)12-3-2-8-24-12/h2-8,15H,1H3,(H2,17,18,21). The van der Waals surface area contributed by atoms with Crippen molar-refractivity contribution < 1.29 is 18.9 Å². The Morgan fingerprint density at radius 2 is 1.96 bits per heavy atom. The van der Waals surface area contributed by atoms with E-state index in [1.165, 1.54) is 37.5 Å². The maximum Gasteiger partial charge on any atom is 0.320 e. The summed E-state index contributed by atoms with van der Waals surface area (Å²) in [5.41, 5.74) is 1.05. The molecule has 1 aromatic carbocycles. The van der Waals surface area contributed by atoms with Crippen LogP contribution in [0, 0.1) is 10.1 Å². The number of ketones is 1. The van der Waals surface area contributed by atoms with Crippen molar-refractivity contribution in [3.8, 4) is 0 Å². The number of furan rings is 1. The van der Waals surface area contributed by atoms with Crippen LogP contribution in [0.1, 0.15) is 24.3 Å². The van der Waals surface area contributed by atoms with Crippen LogP contribution in [0.25, 0.3) is 5.70 Å². The number of nitrogens with zero attached hydrogens (tertiary/aromatic N) is 1. The van der Waals surface area contributed by atoms with Crippen LogP contribution < -0.4 is 10.6 Å². The average molecular weight is 327 g/mol. The number of rotatable bonds is 4. The number of carbonyl (C=O) groups is 2. The molecule has 2 amide bonds. The third kappa shape index (κ3) is 2.76. The second-order valence-corrected chi connectivity index (χ2v) is 5.20. The predicted octanol–water partition coefficient (Wildman–Crippen LogP) is 2.54. The molecule has 0 saturated carbocycles. The summed E-state index contributed by atoms with van der Waals surface area (Å²) in [6, 6.07) is 7.71. The molecular formula is C16H13N3O5. The third-order valence-corrected chi connectivity index (χ3v) is 3.65. The zero-order valence-electron chi connectivity index (χ0n) is 12.6. The predicted molar refractivity (Wildman–Crippen MR) is 83.8 cm³/mol. The average Bonchev–Trinajstić information content (AvgIpc) is 3.08. The lowest BCUT2D eigenvalue weighted by Gasteiger charge is -2.27. The molecule has 2 aromatic rings. The van der Waals surface area contributed by atoms with Crippen LogP contribution in [0.5, 0.6) is 0 Å². The van der Waals surface area contributed by atoms with Gasteiger partial charge in [-0.25, -0.2) is 4.79 Å². The summed E-state index contributed by atoms with van der Waals surface area (Å²) in [5, 5.41) is 16.0. The van der Waals surface area contributed by atoms with Gasteiger partial charge in [-0.15, -0.1) is 0 Å². The molecule has 1 aliphatic rings. The number of urea groups is 1. The van der Waals surface area contributed by atoms with Crippen LogP contribution in [-0.4, -0.2) is 16.7 Å². The number of amides is 2. The van der Waals surface area contributed by atoms with Gasteiger partial charge in [0.2, 0.25) is 0 Å². The first-order valence-electron chi connectivity index (χ1n) is 7.08. The molecule has 1 aliphatic heterocycles. The fourth-order valence-corrected chi connectivity index (χ4v) is 2.59. The van der Waals surface area contributed by atoms with Crippen molar-refractivity contribution in [1.29, 1.82) is 0 Å². The van der Waals surface area contributed by atoms with Crippen molar-refractivity contribution in [1.82, 2.24) is 10.6 Å². The van der Waals surface area contributed by atoms with Gasteiger partial charge in [0.05, 0.1) is 16.9 Å². The first-order valence-corrected chi connectivity index (χ1v) is 7.08. The Hall–Kier alpha value is -3.42. The van der Waals surface area contributed by atoms with Gasteiger partial charge in [0.15, 0.2) is 5.78 Å². The van der Waals surface area contributed by atoms with Crippen molar-refractivity contribution in [3.63, 3.8) is 0 Å². The summed E-state index contributed by atoms with van der Waals surface area (Å²) >= 11 is 0. The summed E-state index contributed by atoms with van der Waals surface area (Å²) in [5.74, 6) is 0.173. The second kappa shape index (κ2) is 5.99. The van der Waals surface area contributed by atoms with E-state index in [2.05, 4.69) is 10.6 Å². The molecule has 8 nitrogen and oxygen atoms in total. The number of carbonyl (C=O) groups excluding carboxylic acids is 2. The molecule has 0 spiro atoms. The van der Waals surface area contributed by atoms with Gasteiger partial charge in [-0.05, 0) is 36.8 Å². The van der Waals surface area contributed by atoms with Crippen LogP contribution in [-0.2, 0) is 4.79 Å². The summed E-state index contributed by atoms with van der Waals surface area (Å²) < 4.78 is 5.32. The number of benzene rings is 1. The number of nitro groups is 1. The van der Waals surface area contributed by atoms with Gasteiger partial charge in [-0.1, -0.05) is 0 Å². The molecule has 1 atom stereocenters. The number of hydrogen-bond donors (Lipinski definition) is 2. The van der Waals surface area contributed by atoms with Crippen molar-refractivity contribution in [2.75, 3.05) is 0 Å². The zero-order chi connectivity index (χ0) is 17.3. The monoisotopic (exact) mass is 327 g/mol. The molecule has 1 aromatic heterocycles. The van der Waals surface area contributed by atoms with E-state index in [1.54, 1.807) is 12.1 Å². The molecule has 2 N–H and O–H groups in total. The Kier molecular flexibility index (Phi) is 3.87. The molecule has 0 aliphatic carbocycles. The number of nitro benzene ring substituents is 1. The molecule has 0 bridgehead atoms. The van der Waals surface area contributed by atoms with Crippen LogP contribution in [0.2, 0.25) is 0 Å². The van der Waals surface area contributed by atoms with Gasteiger partial charge in [0.1, 0.15) is 11.8 Å². The smallest absolute Gasteiger partial charge is 0.320 e. The van der Waals surface area contributed by atoms with Crippen LogP contribution in [0.3, 0.4) is 0 Å². The Morgan fingerprint density at radius 3 is 2.50 bits per heavy atom. The molecule has 0 fully saturated rings. The van der Waals surface area contributed by atoms with Gasteiger partial charge in [-0.2, -0.15) is 0 Å². The lowest BCUT2D eigenvalue weighted by atomic mass is 9.93. The van der Waals surface area contributed by atoms with Crippen molar-refractivity contribution >= 4 is 23.2 Å². The fraction of sp³-hybridized carbons (Fsp3) is 0.125. The van der Waals surface area contributed by atoms with E-state index in [4.69, 9.17) is 4.42 Å². The number of hydrogen-bond acceptors (Lipinski definition) is 5. The van der Waals surface area contributed by atoms with Gasteiger partial charge >= 0.3 is 6.03 Å². The maximum absolute atomic E-state index is 12.2. The van der Waals surface area contributed by atoms with E-state index in [0.29, 0.717) is 22.6 Å². The number of nitrogens with one attached hydrogen (secondary N) is 2. The minimum Gasteiger partial charge on any atom is -0.467 e. The van der Waals surface area contributed by atoms with Crippen molar-refractivity contribution in [2.45, 2.75) is 13.0 Å². The number of Topliss-reactive ketones (excluding diaryl/α,β-unsaturated/α-hetero) is 1. The third-order valence-electron chi connectivity index (χ3n) is 3.65. The summed E-state index contributed by atoms with van der Waals surface area (Å²) in [4.78, 5) is 34.4. The van der Waals surface area contributed by atoms with E-state index in [1.807, 2.05) is 0 Å². The minimum absolute atomic E-state index is 0.0772. The first kappa shape index (κ1) is 15.5. The molecule has 0 saturated heterocycles. The molecular weight excluding hydrogens is 314 g/mol. The Labute approximate surface area is 136 Å². The quantitative estimate of drug-likeness (QED) is 0.661. The fourth-order valence-electron chi connectivity index (χ4n) is 2.59. The lowest BCUT2D eigenvalue weighted by molar-refractivity contribution is -0.384. The molecule has 24 heavy (non-hydrogen) atoms. The second-order valence-electron chi connectivity index (χ2n) is 5.20. The minimum atomic E-state index is -0.726.